The van der Waals surface area contributed by atoms with Crippen molar-refractivity contribution >= 4 is 5.91 Å². The number of hydrogen-bond donors (Lipinski definition) is 3. The molecule has 1 amide bonds. The summed E-state index contributed by atoms with van der Waals surface area (Å²) >= 11 is 0. The third-order valence-corrected chi connectivity index (χ3v) is 13.3. The first-order chi connectivity index (χ1) is 23.6. The second-order valence-electron chi connectivity index (χ2n) is 18.3. The van der Waals surface area contributed by atoms with Crippen LogP contribution in [0.3, 0.4) is 0 Å². The zero-order valence-electron chi connectivity index (χ0n) is 34.5. The number of carbonyl (C=O) groups excluding carboxylic acids is 1. The number of ether oxygens (including phenoxy) is 6. The number of rotatable bonds is 8. The van der Waals surface area contributed by atoms with E-state index in [1.54, 1.807) is 7.11 Å². The Bertz CT molecular complexity index is 1160. The number of methoxy groups -OCH3 is 1. The van der Waals surface area contributed by atoms with E-state index in [-0.39, 0.29) is 54.2 Å². The highest BCUT2D eigenvalue weighted by Crippen LogP contribution is 2.48. The monoisotopic (exact) mass is 727 g/mol. The normalized spacial score (nSPS) is 48.5. The number of aliphatic hydroxyl groups excluding tert-OH is 2. The topological polar surface area (TPSA) is 128 Å². The molecule has 4 saturated heterocycles. The fourth-order valence-electron chi connectivity index (χ4n) is 9.96. The minimum Gasteiger partial charge on any atom is -0.392 e. The summed E-state index contributed by atoms with van der Waals surface area (Å²) in [6, 6.07) is -0.243. The van der Waals surface area contributed by atoms with E-state index in [0.717, 1.165) is 6.42 Å². The number of fused-ring (bicyclic) bond motifs is 2. The zero-order valence-corrected chi connectivity index (χ0v) is 34.5. The van der Waals surface area contributed by atoms with Crippen molar-refractivity contribution in [2.45, 2.75) is 207 Å². The molecule has 0 radical (unpaired) electrons. The average Bonchev–Trinajstić information content (AvgIpc) is 3.37. The van der Waals surface area contributed by atoms with E-state index in [1.165, 1.54) is 0 Å². The first kappa shape index (κ1) is 42.8. The zero-order chi connectivity index (χ0) is 38.4. The number of aliphatic hydroxyl groups is 2. The fraction of sp³-hybridized carbons (Fsp3) is 0.975. The van der Waals surface area contributed by atoms with Gasteiger partial charge in [-0.25, -0.2) is 0 Å². The second kappa shape index (κ2) is 16.5. The molecule has 4 aliphatic rings. The van der Waals surface area contributed by atoms with Crippen LogP contribution in [0.1, 0.15) is 122 Å². The molecule has 11 nitrogen and oxygen atoms in total. The minimum absolute atomic E-state index is 0.101. The van der Waals surface area contributed by atoms with E-state index in [2.05, 4.69) is 58.7 Å². The smallest absolute Gasteiger partial charge is 0.225 e. The van der Waals surface area contributed by atoms with Gasteiger partial charge < -0.3 is 44.0 Å². The molecule has 0 aliphatic carbocycles. The van der Waals surface area contributed by atoms with Crippen LogP contribution in [0.2, 0.25) is 0 Å². The SMILES string of the molecule is CC[C@H]1NC(=O)[C@H](C)[C@@H](O[C@H]2C[C@@](C)(OC)C[C@H](C)O2)[C@H](C)[C@@H](O[C@@H]2O[C@H](C)C[C@H](N(C)C(C)C)[C@H]2O)[C@]2(C)C[C@@H](C)[C@@H](O2)[C@H](C)[C@@H](O)C1(C)C. The van der Waals surface area contributed by atoms with Crippen LogP contribution in [-0.2, 0) is 33.2 Å². The molecule has 4 aliphatic heterocycles. The highest BCUT2D eigenvalue weighted by molar-refractivity contribution is 5.79. The molecular weight excluding hydrogens is 652 g/mol. The number of hydrogen-bond acceptors (Lipinski definition) is 10. The summed E-state index contributed by atoms with van der Waals surface area (Å²) in [6.07, 6.45) is -1.87. The van der Waals surface area contributed by atoms with Crippen LogP contribution in [0.4, 0.5) is 0 Å². The summed E-state index contributed by atoms with van der Waals surface area (Å²) in [7, 11) is 3.75. The summed E-state index contributed by atoms with van der Waals surface area (Å²) in [5.74, 6) is -1.33. The molecule has 3 N–H and O–H groups in total. The molecule has 4 rings (SSSR count). The van der Waals surface area contributed by atoms with Gasteiger partial charge in [-0.05, 0) is 73.8 Å². The van der Waals surface area contributed by atoms with Crippen molar-refractivity contribution in [3.05, 3.63) is 0 Å². The lowest BCUT2D eigenvalue weighted by Crippen LogP contribution is -2.60. The first-order valence-corrected chi connectivity index (χ1v) is 19.8. The highest BCUT2D eigenvalue weighted by Gasteiger charge is 2.57. The summed E-state index contributed by atoms with van der Waals surface area (Å²) in [4.78, 5) is 16.6. The Morgan fingerprint density at radius 2 is 1.59 bits per heavy atom. The Balaban J connectivity index is 1.83. The Morgan fingerprint density at radius 1 is 0.941 bits per heavy atom. The van der Waals surface area contributed by atoms with Crippen LogP contribution >= 0.6 is 0 Å². The third-order valence-electron chi connectivity index (χ3n) is 13.3. The van der Waals surface area contributed by atoms with E-state index >= 15 is 0 Å². The van der Waals surface area contributed by atoms with Crippen LogP contribution < -0.4 is 5.32 Å². The average molecular weight is 727 g/mol. The number of carbonyl (C=O) groups is 1. The molecular formula is C40H74N2O9. The number of nitrogens with one attached hydrogen (secondary N) is 1. The summed E-state index contributed by atoms with van der Waals surface area (Å²) < 4.78 is 39.9. The molecule has 0 aromatic heterocycles. The van der Waals surface area contributed by atoms with Crippen molar-refractivity contribution in [2.24, 2.45) is 29.1 Å². The molecule has 11 heteroatoms. The van der Waals surface area contributed by atoms with Crippen molar-refractivity contribution < 1.29 is 43.4 Å². The lowest BCUT2D eigenvalue weighted by Gasteiger charge is -2.48. The van der Waals surface area contributed by atoms with E-state index in [9.17, 15) is 15.0 Å². The molecule has 2 bridgehead atoms. The highest BCUT2D eigenvalue weighted by atomic mass is 16.7. The molecule has 0 saturated carbocycles. The van der Waals surface area contributed by atoms with E-state index in [0.29, 0.717) is 25.7 Å². The molecule has 4 fully saturated rings. The molecule has 0 unspecified atom stereocenters. The van der Waals surface area contributed by atoms with Crippen molar-refractivity contribution in [2.75, 3.05) is 14.2 Å². The third kappa shape index (κ3) is 8.99. The van der Waals surface area contributed by atoms with Gasteiger partial charge in [0, 0.05) is 55.3 Å². The molecule has 17 atom stereocenters. The van der Waals surface area contributed by atoms with Crippen LogP contribution in [0.15, 0.2) is 0 Å². The summed E-state index contributed by atoms with van der Waals surface area (Å²) in [5, 5.41) is 27.2. The Morgan fingerprint density at radius 3 is 2.18 bits per heavy atom. The predicted molar refractivity (Wildman–Crippen MR) is 197 cm³/mol. The van der Waals surface area contributed by atoms with Gasteiger partial charge in [0.25, 0.3) is 0 Å². The maximum atomic E-state index is 14.4. The fourth-order valence-corrected chi connectivity index (χ4v) is 9.96. The largest absolute Gasteiger partial charge is 0.392 e. The molecule has 0 spiro atoms. The Hall–Kier alpha value is -0.890. The van der Waals surface area contributed by atoms with Gasteiger partial charge in [0.2, 0.25) is 5.91 Å². The summed E-state index contributed by atoms with van der Waals surface area (Å²) in [5.41, 5.74) is -1.95. The molecule has 4 heterocycles. The molecule has 51 heavy (non-hydrogen) atoms. The predicted octanol–water partition coefficient (Wildman–Crippen LogP) is 5.28. The second-order valence-corrected chi connectivity index (χ2v) is 18.3. The number of likely N-dealkylation sites (N-methyl/N-ethyl adjacent to an activating group) is 1. The van der Waals surface area contributed by atoms with Gasteiger partial charge in [-0.1, -0.05) is 48.5 Å². The van der Waals surface area contributed by atoms with Crippen molar-refractivity contribution in [1.82, 2.24) is 10.2 Å². The minimum atomic E-state index is -0.934. The van der Waals surface area contributed by atoms with Crippen molar-refractivity contribution in [3.63, 3.8) is 0 Å². The summed E-state index contributed by atoms with van der Waals surface area (Å²) in [6.45, 7) is 26.7. The standard InChI is InChI=1S/C40H74N2O9/c1-16-29-38(10,11)34(44)25(7)32-22(4)18-40(13,51-32)35(50-37-31(43)28(17-23(5)48-37)42(14)21(2)3)26(8)33(27(9)36(45)41-29)49-30-20-39(12,46-15)19-24(6)47-30/h21-35,37,43-44H,16-20H2,1-15H3,(H,41,45)/t22-,23-,24+,25+,26+,27-,28+,29-,30+,31-,32-,33+,34-,35-,37+,39+,40+/m1/s1. The van der Waals surface area contributed by atoms with Crippen LogP contribution in [-0.4, -0.2) is 120 Å². The maximum absolute atomic E-state index is 14.4. The van der Waals surface area contributed by atoms with Crippen molar-refractivity contribution in [3.8, 4) is 0 Å². The maximum Gasteiger partial charge on any atom is 0.225 e. The van der Waals surface area contributed by atoms with Crippen LogP contribution in [0, 0.1) is 29.1 Å². The van der Waals surface area contributed by atoms with Gasteiger partial charge in [-0.2, -0.15) is 0 Å². The van der Waals surface area contributed by atoms with Crippen LogP contribution in [0.5, 0.6) is 0 Å². The van der Waals surface area contributed by atoms with Crippen LogP contribution in [0.25, 0.3) is 0 Å². The quantitative estimate of drug-likeness (QED) is 0.304. The van der Waals surface area contributed by atoms with Gasteiger partial charge in [0.1, 0.15) is 6.10 Å². The van der Waals surface area contributed by atoms with Gasteiger partial charge in [0.05, 0.1) is 53.7 Å². The Kier molecular flexibility index (Phi) is 13.8. The van der Waals surface area contributed by atoms with Gasteiger partial charge in [-0.3, -0.25) is 9.69 Å². The Labute approximate surface area is 309 Å². The van der Waals surface area contributed by atoms with Gasteiger partial charge in [-0.15, -0.1) is 0 Å². The first-order valence-electron chi connectivity index (χ1n) is 19.8. The molecule has 298 valence electrons. The van der Waals surface area contributed by atoms with Crippen molar-refractivity contribution in [1.29, 1.82) is 0 Å². The lowest BCUT2D eigenvalue weighted by atomic mass is 9.70. The van der Waals surface area contributed by atoms with Gasteiger partial charge in [0.15, 0.2) is 12.6 Å². The molecule has 0 aromatic carbocycles. The van der Waals surface area contributed by atoms with Gasteiger partial charge >= 0.3 is 0 Å². The van der Waals surface area contributed by atoms with E-state index in [4.69, 9.17) is 28.4 Å². The number of amides is 1. The van der Waals surface area contributed by atoms with E-state index in [1.807, 2.05) is 48.6 Å². The lowest BCUT2D eigenvalue weighted by molar-refractivity contribution is -0.312. The van der Waals surface area contributed by atoms with E-state index < -0.39 is 65.4 Å². The number of nitrogens with zero attached hydrogens (tertiary/aromatic N) is 1. The molecule has 0 aromatic rings.